The number of hydrogen-bond donors (Lipinski definition) is 1. The van der Waals surface area contributed by atoms with Gasteiger partial charge in [-0.3, -0.25) is 4.79 Å². The Morgan fingerprint density at radius 1 is 1.11 bits per heavy atom. The number of nitrogens with one attached hydrogen (secondary N) is 1. The van der Waals surface area contributed by atoms with Crippen LogP contribution < -0.4 is 5.32 Å². The Morgan fingerprint density at radius 3 is 2.43 bits per heavy atom. The van der Waals surface area contributed by atoms with Crippen LogP contribution in [0, 0.1) is 0 Å². The van der Waals surface area contributed by atoms with Crippen molar-refractivity contribution in [2.45, 2.75) is 43.5 Å². The summed E-state index contributed by atoms with van der Waals surface area (Å²) < 4.78 is 27.3. The second-order valence-corrected chi connectivity index (χ2v) is 9.30. The van der Waals surface area contributed by atoms with E-state index >= 15 is 0 Å². The Kier molecular flexibility index (Phi) is 6.75. The van der Waals surface area contributed by atoms with E-state index in [9.17, 15) is 13.2 Å². The highest BCUT2D eigenvalue weighted by atomic mass is 35.5. The van der Waals surface area contributed by atoms with Crippen molar-refractivity contribution in [1.29, 1.82) is 0 Å². The number of sulfonamides is 1. The van der Waals surface area contributed by atoms with E-state index < -0.39 is 10.0 Å². The largest absolute Gasteiger partial charge is 0.345 e. The Labute approximate surface area is 171 Å². The predicted molar refractivity (Wildman–Crippen MR) is 111 cm³/mol. The molecule has 150 valence electrons. The molecule has 1 aliphatic rings. The molecule has 1 heterocycles. The fraction of sp³-hybridized carbons (Fsp3) is 0.381. The van der Waals surface area contributed by atoms with Crippen LogP contribution in [-0.4, -0.2) is 31.7 Å². The summed E-state index contributed by atoms with van der Waals surface area (Å²) >= 11 is 6.23. The number of benzene rings is 2. The standard InChI is InChI=1S/C21H25ClN2O3S/c1-2-20(16-9-5-3-6-10-16)23-21(25)18-15-17(11-12-19(18)22)28(26,27)24-13-7-4-8-14-24/h3,5-6,9-12,15,20H,2,4,7-8,13-14H2,1H3,(H,23,25). The van der Waals surface area contributed by atoms with Crippen LogP contribution >= 0.6 is 11.6 Å². The van der Waals surface area contributed by atoms with Crippen LogP contribution in [0.15, 0.2) is 53.4 Å². The first kappa shape index (κ1) is 20.8. The Hall–Kier alpha value is -1.89. The van der Waals surface area contributed by atoms with Crippen molar-refractivity contribution in [3.63, 3.8) is 0 Å². The molecule has 0 radical (unpaired) electrons. The highest BCUT2D eigenvalue weighted by Gasteiger charge is 2.27. The SMILES string of the molecule is CCC(NC(=O)c1cc(S(=O)(=O)N2CCCCC2)ccc1Cl)c1ccccc1. The molecule has 0 aliphatic carbocycles. The zero-order chi connectivity index (χ0) is 20.1. The molecule has 1 aliphatic heterocycles. The van der Waals surface area contributed by atoms with Gasteiger partial charge in [-0.25, -0.2) is 8.42 Å². The van der Waals surface area contributed by atoms with Crippen molar-refractivity contribution in [2.75, 3.05) is 13.1 Å². The lowest BCUT2D eigenvalue weighted by atomic mass is 10.0. The molecule has 1 unspecified atom stereocenters. The van der Waals surface area contributed by atoms with Crippen LogP contribution in [0.3, 0.4) is 0 Å². The summed E-state index contributed by atoms with van der Waals surface area (Å²) in [5, 5.41) is 3.20. The van der Waals surface area contributed by atoms with Crippen LogP contribution in [-0.2, 0) is 10.0 Å². The molecule has 0 aromatic heterocycles. The highest BCUT2D eigenvalue weighted by Crippen LogP contribution is 2.26. The Balaban J connectivity index is 1.85. The van der Waals surface area contributed by atoms with Crippen LogP contribution in [0.5, 0.6) is 0 Å². The van der Waals surface area contributed by atoms with Gasteiger partial charge in [0.15, 0.2) is 0 Å². The number of nitrogens with zero attached hydrogens (tertiary/aromatic N) is 1. The van der Waals surface area contributed by atoms with Gasteiger partial charge in [0.1, 0.15) is 0 Å². The molecule has 2 aromatic rings. The smallest absolute Gasteiger partial charge is 0.253 e. The summed E-state index contributed by atoms with van der Waals surface area (Å²) in [7, 11) is -3.63. The zero-order valence-corrected chi connectivity index (χ0v) is 17.5. The normalized spacial score (nSPS) is 16.5. The Morgan fingerprint density at radius 2 is 1.79 bits per heavy atom. The fourth-order valence-electron chi connectivity index (χ4n) is 3.44. The van der Waals surface area contributed by atoms with Crippen molar-refractivity contribution < 1.29 is 13.2 Å². The maximum Gasteiger partial charge on any atom is 0.253 e. The lowest BCUT2D eigenvalue weighted by Gasteiger charge is -2.26. The van der Waals surface area contributed by atoms with Gasteiger partial charge < -0.3 is 5.32 Å². The van der Waals surface area contributed by atoms with Gasteiger partial charge in [0.2, 0.25) is 10.0 Å². The number of carbonyl (C=O) groups is 1. The lowest BCUT2D eigenvalue weighted by molar-refractivity contribution is 0.0935. The van der Waals surface area contributed by atoms with E-state index in [4.69, 9.17) is 11.6 Å². The second-order valence-electron chi connectivity index (χ2n) is 6.95. The van der Waals surface area contributed by atoms with Crippen molar-refractivity contribution >= 4 is 27.5 Å². The first-order valence-electron chi connectivity index (χ1n) is 9.59. The predicted octanol–water partition coefficient (Wildman–Crippen LogP) is 4.40. The number of rotatable bonds is 6. The van der Waals surface area contributed by atoms with Crippen LogP contribution in [0.25, 0.3) is 0 Å². The molecule has 28 heavy (non-hydrogen) atoms. The van der Waals surface area contributed by atoms with Crippen molar-refractivity contribution in [3.05, 3.63) is 64.7 Å². The number of carbonyl (C=O) groups excluding carboxylic acids is 1. The van der Waals surface area contributed by atoms with Crippen LogP contribution in [0.1, 0.15) is 54.6 Å². The van der Waals surface area contributed by atoms with Gasteiger partial charge in [-0.05, 0) is 43.0 Å². The zero-order valence-electron chi connectivity index (χ0n) is 15.9. The van der Waals surface area contributed by atoms with Crippen molar-refractivity contribution in [3.8, 4) is 0 Å². The molecule has 0 bridgehead atoms. The number of halogens is 1. The summed E-state index contributed by atoms with van der Waals surface area (Å²) in [6, 6.07) is 13.8. The maximum atomic E-state index is 12.9. The molecule has 1 N–H and O–H groups in total. The number of amides is 1. The number of piperidine rings is 1. The van der Waals surface area contributed by atoms with Gasteiger partial charge in [-0.2, -0.15) is 4.31 Å². The van der Waals surface area contributed by atoms with Gasteiger partial charge in [-0.15, -0.1) is 0 Å². The highest BCUT2D eigenvalue weighted by molar-refractivity contribution is 7.89. The summed E-state index contributed by atoms with van der Waals surface area (Å²) in [6.45, 7) is 3.01. The quantitative estimate of drug-likeness (QED) is 0.753. The van der Waals surface area contributed by atoms with E-state index in [-0.39, 0.29) is 27.4 Å². The third kappa shape index (κ3) is 4.57. The average Bonchev–Trinajstić information content (AvgIpc) is 2.73. The summed E-state index contributed by atoms with van der Waals surface area (Å²) in [5.74, 6) is -0.378. The molecule has 2 aromatic carbocycles. The molecule has 1 saturated heterocycles. The molecule has 1 amide bonds. The lowest BCUT2D eigenvalue weighted by Crippen LogP contribution is -2.35. The molecule has 0 saturated carbocycles. The van der Waals surface area contributed by atoms with Crippen LogP contribution in [0.4, 0.5) is 0 Å². The van der Waals surface area contributed by atoms with Gasteiger partial charge in [-0.1, -0.05) is 55.3 Å². The third-order valence-electron chi connectivity index (χ3n) is 5.05. The second kappa shape index (κ2) is 9.07. The maximum absolute atomic E-state index is 12.9. The molecular weight excluding hydrogens is 396 g/mol. The van der Waals surface area contributed by atoms with Gasteiger partial charge in [0.25, 0.3) is 5.91 Å². The van der Waals surface area contributed by atoms with E-state index in [1.165, 1.54) is 22.5 Å². The Bertz CT molecular complexity index is 926. The van der Waals surface area contributed by atoms with Gasteiger partial charge >= 0.3 is 0 Å². The van der Waals surface area contributed by atoms with Crippen molar-refractivity contribution in [1.82, 2.24) is 9.62 Å². The minimum absolute atomic E-state index is 0.108. The molecule has 5 nitrogen and oxygen atoms in total. The summed E-state index contributed by atoms with van der Waals surface area (Å²) in [5.41, 5.74) is 1.17. The van der Waals surface area contributed by atoms with E-state index in [1.54, 1.807) is 0 Å². The molecule has 7 heteroatoms. The topological polar surface area (TPSA) is 66.5 Å². The van der Waals surface area contributed by atoms with Gasteiger partial charge in [0.05, 0.1) is 21.5 Å². The van der Waals surface area contributed by atoms with E-state index in [1.807, 2.05) is 37.3 Å². The first-order valence-corrected chi connectivity index (χ1v) is 11.4. The van der Waals surface area contributed by atoms with E-state index in [2.05, 4.69) is 5.32 Å². The van der Waals surface area contributed by atoms with E-state index in [0.717, 1.165) is 24.8 Å². The third-order valence-corrected chi connectivity index (χ3v) is 7.27. The van der Waals surface area contributed by atoms with Gasteiger partial charge in [0, 0.05) is 13.1 Å². The van der Waals surface area contributed by atoms with Crippen molar-refractivity contribution in [2.24, 2.45) is 0 Å². The molecule has 0 spiro atoms. The van der Waals surface area contributed by atoms with E-state index in [0.29, 0.717) is 19.5 Å². The molecular formula is C21H25ClN2O3S. The first-order chi connectivity index (χ1) is 13.4. The summed E-state index contributed by atoms with van der Waals surface area (Å²) in [6.07, 6.45) is 3.46. The summed E-state index contributed by atoms with van der Waals surface area (Å²) in [4.78, 5) is 13.0. The minimum Gasteiger partial charge on any atom is -0.345 e. The minimum atomic E-state index is -3.63. The molecule has 3 rings (SSSR count). The molecule has 1 fully saturated rings. The average molecular weight is 421 g/mol. The number of hydrogen-bond acceptors (Lipinski definition) is 3. The molecule has 1 atom stereocenters. The monoisotopic (exact) mass is 420 g/mol. The van der Waals surface area contributed by atoms with Crippen LogP contribution in [0.2, 0.25) is 5.02 Å². The fourth-order valence-corrected chi connectivity index (χ4v) is 5.18.